The molecule has 3 aromatic rings. The topological polar surface area (TPSA) is 92.7 Å². The Balaban J connectivity index is 1.38. The number of aliphatic carboxylic acids is 1. The molecule has 0 radical (unpaired) electrons. The molecule has 3 rings (SSSR count). The maximum Gasteiger partial charge on any atom is 0.341 e. The van der Waals surface area contributed by atoms with Crippen LogP contribution in [0.3, 0.4) is 0 Å². The van der Waals surface area contributed by atoms with Crippen molar-refractivity contribution in [1.82, 2.24) is 5.32 Å². The number of rotatable bonds is 12. The minimum absolute atomic E-state index is 0.110. The molecule has 1 aromatic heterocycles. The van der Waals surface area contributed by atoms with Crippen molar-refractivity contribution in [2.24, 2.45) is 0 Å². The van der Waals surface area contributed by atoms with Crippen LogP contribution in [0.5, 0.6) is 5.75 Å². The van der Waals surface area contributed by atoms with Gasteiger partial charge in [0.1, 0.15) is 9.96 Å². The van der Waals surface area contributed by atoms with Gasteiger partial charge in [-0.15, -0.1) is 11.3 Å². The van der Waals surface area contributed by atoms with Crippen molar-refractivity contribution in [2.45, 2.75) is 30.4 Å². The van der Waals surface area contributed by atoms with E-state index in [9.17, 15) is 13.2 Å². The van der Waals surface area contributed by atoms with E-state index in [1.165, 1.54) is 11.3 Å². The molecule has 1 heterocycles. The molecule has 6 nitrogen and oxygen atoms in total. The molecule has 0 saturated heterocycles. The highest BCUT2D eigenvalue weighted by molar-refractivity contribution is 7.93. The van der Waals surface area contributed by atoms with E-state index >= 15 is 0 Å². The smallest absolute Gasteiger partial charge is 0.341 e. The minimum Gasteiger partial charge on any atom is -0.482 e. The van der Waals surface area contributed by atoms with Gasteiger partial charge in [0, 0.05) is 9.72 Å². The molecule has 0 bridgehead atoms. The molecular weight excluding hydrogens is 470 g/mol. The van der Waals surface area contributed by atoms with Crippen LogP contribution in [0.15, 0.2) is 46.7 Å². The van der Waals surface area contributed by atoms with Crippen molar-refractivity contribution < 1.29 is 23.1 Å². The van der Waals surface area contributed by atoms with Crippen molar-refractivity contribution in [3.05, 3.63) is 58.6 Å². The van der Waals surface area contributed by atoms with E-state index in [-0.39, 0.29) is 12.4 Å². The third kappa shape index (κ3) is 6.68. The van der Waals surface area contributed by atoms with E-state index in [1.54, 1.807) is 18.2 Å². The van der Waals surface area contributed by atoms with Gasteiger partial charge in [0.05, 0.1) is 5.75 Å². The molecule has 2 N–H and O–H groups in total. The van der Waals surface area contributed by atoms with Crippen LogP contribution in [0.2, 0.25) is 5.02 Å². The molecule has 0 atom stereocenters. The fraction of sp³-hybridized carbons (Fsp3) is 0.348. The SMILES string of the molecule is Cc1c(S(=O)(=O)CCCNCCCc2ccc(OCC(=O)O)cc2)sc2ccc(Cl)cc12. The summed E-state index contributed by atoms with van der Waals surface area (Å²) in [5.41, 5.74) is 1.91. The normalized spacial score (nSPS) is 11.7. The first-order valence-corrected chi connectivity index (χ1v) is 13.2. The van der Waals surface area contributed by atoms with Crippen LogP contribution in [0.1, 0.15) is 24.0 Å². The number of hydrogen-bond acceptors (Lipinski definition) is 6. The largest absolute Gasteiger partial charge is 0.482 e. The van der Waals surface area contributed by atoms with E-state index in [4.69, 9.17) is 21.4 Å². The molecule has 0 fully saturated rings. The van der Waals surface area contributed by atoms with E-state index < -0.39 is 15.8 Å². The van der Waals surface area contributed by atoms with Gasteiger partial charge in [0.2, 0.25) is 0 Å². The second kappa shape index (κ2) is 11.1. The van der Waals surface area contributed by atoms with Crippen LogP contribution in [-0.2, 0) is 21.1 Å². The van der Waals surface area contributed by atoms with Gasteiger partial charge >= 0.3 is 5.97 Å². The molecule has 0 aliphatic heterocycles. The Morgan fingerprint density at radius 3 is 2.56 bits per heavy atom. The number of ether oxygens (including phenoxy) is 1. The van der Waals surface area contributed by atoms with E-state index in [0.717, 1.165) is 40.6 Å². The van der Waals surface area contributed by atoms with Gasteiger partial charge in [0.25, 0.3) is 0 Å². The van der Waals surface area contributed by atoms with Crippen LogP contribution in [0, 0.1) is 6.92 Å². The van der Waals surface area contributed by atoms with Crippen LogP contribution in [0.25, 0.3) is 10.1 Å². The quantitative estimate of drug-likeness (QED) is 0.353. The molecule has 0 aliphatic rings. The fourth-order valence-corrected chi connectivity index (χ4v) is 6.79. The van der Waals surface area contributed by atoms with Gasteiger partial charge in [0.15, 0.2) is 16.4 Å². The van der Waals surface area contributed by atoms with Crippen LogP contribution >= 0.6 is 22.9 Å². The number of carboxylic acids is 1. The van der Waals surface area contributed by atoms with Gasteiger partial charge in [-0.1, -0.05) is 23.7 Å². The molecule has 0 aliphatic carbocycles. The van der Waals surface area contributed by atoms with E-state index in [2.05, 4.69) is 5.32 Å². The third-order valence-corrected chi connectivity index (χ3v) is 9.02. The summed E-state index contributed by atoms with van der Waals surface area (Å²) in [6.45, 7) is 2.91. The van der Waals surface area contributed by atoms with Crippen molar-refractivity contribution >= 4 is 48.8 Å². The van der Waals surface area contributed by atoms with Crippen molar-refractivity contribution in [3.8, 4) is 5.75 Å². The second-order valence-corrected chi connectivity index (χ2v) is 11.3. The number of thiophene rings is 1. The summed E-state index contributed by atoms with van der Waals surface area (Å²) in [6, 6.07) is 12.8. The Labute approximate surface area is 197 Å². The lowest BCUT2D eigenvalue weighted by Gasteiger charge is -2.07. The molecule has 0 spiro atoms. The zero-order valence-corrected chi connectivity index (χ0v) is 20.2. The molecular formula is C23H26ClNO5S2. The number of fused-ring (bicyclic) bond motifs is 1. The zero-order chi connectivity index (χ0) is 23.1. The lowest BCUT2D eigenvalue weighted by molar-refractivity contribution is -0.139. The summed E-state index contributed by atoms with van der Waals surface area (Å²) >= 11 is 7.36. The van der Waals surface area contributed by atoms with Gasteiger partial charge in [-0.25, -0.2) is 13.2 Å². The molecule has 32 heavy (non-hydrogen) atoms. The summed E-state index contributed by atoms with van der Waals surface area (Å²) in [5.74, 6) is -0.358. The number of aryl methyl sites for hydroxylation is 2. The van der Waals surface area contributed by atoms with Gasteiger partial charge in [-0.2, -0.15) is 0 Å². The number of hydrogen-bond donors (Lipinski definition) is 2. The maximum absolute atomic E-state index is 12.8. The first-order chi connectivity index (χ1) is 15.3. The summed E-state index contributed by atoms with van der Waals surface area (Å²) < 4.78 is 32.1. The van der Waals surface area contributed by atoms with Gasteiger partial charge in [-0.05, 0) is 86.1 Å². The van der Waals surface area contributed by atoms with E-state index in [1.807, 2.05) is 31.2 Å². The number of carboxylic acid groups (broad SMARTS) is 1. The predicted molar refractivity (Wildman–Crippen MR) is 129 cm³/mol. The van der Waals surface area contributed by atoms with Gasteiger partial charge in [-0.3, -0.25) is 0 Å². The second-order valence-electron chi connectivity index (χ2n) is 7.51. The maximum atomic E-state index is 12.8. The average molecular weight is 496 g/mol. The zero-order valence-electron chi connectivity index (χ0n) is 17.8. The Morgan fingerprint density at radius 1 is 1.12 bits per heavy atom. The van der Waals surface area contributed by atoms with Crippen molar-refractivity contribution in [1.29, 1.82) is 0 Å². The minimum atomic E-state index is -3.33. The number of benzene rings is 2. The van der Waals surface area contributed by atoms with E-state index in [0.29, 0.717) is 27.9 Å². The van der Waals surface area contributed by atoms with Crippen molar-refractivity contribution in [3.63, 3.8) is 0 Å². The number of nitrogens with one attached hydrogen (secondary N) is 1. The predicted octanol–water partition coefficient (Wildman–Crippen LogP) is 4.71. The Kier molecular flexibility index (Phi) is 8.53. The van der Waals surface area contributed by atoms with Crippen molar-refractivity contribution in [2.75, 3.05) is 25.4 Å². The average Bonchev–Trinajstić information content (AvgIpc) is 3.09. The molecule has 0 unspecified atom stereocenters. The highest BCUT2D eigenvalue weighted by Gasteiger charge is 2.21. The van der Waals surface area contributed by atoms with Crippen LogP contribution in [0.4, 0.5) is 0 Å². The monoisotopic (exact) mass is 495 g/mol. The summed E-state index contributed by atoms with van der Waals surface area (Å²) in [4.78, 5) is 10.5. The fourth-order valence-electron chi connectivity index (χ4n) is 3.39. The molecule has 0 saturated carbocycles. The summed E-state index contributed by atoms with van der Waals surface area (Å²) in [7, 11) is -3.33. The van der Waals surface area contributed by atoms with Crippen LogP contribution in [-0.4, -0.2) is 44.9 Å². The molecule has 9 heteroatoms. The number of halogens is 1. The lowest BCUT2D eigenvalue weighted by Crippen LogP contribution is -2.20. The van der Waals surface area contributed by atoms with Gasteiger partial charge < -0.3 is 15.2 Å². The standard InChI is InChI=1S/C23H26ClNO5S2/c1-16-20-14-18(24)7-10-21(20)31-23(16)32(28,29)13-3-12-25-11-2-4-17-5-8-19(9-6-17)30-15-22(26)27/h5-10,14,25H,2-4,11-13,15H2,1H3,(H,26,27). The Hall–Kier alpha value is -2.13. The first kappa shape index (κ1) is 24.5. The number of sulfone groups is 1. The lowest BCUT2D eigenvalue weighted by atomic mass is 10.1. The Bertz CT molecular complexity index is 1170. The first-order valence-electron chi connectivity index (χ1n) is 10.3. The third-order valence-electron chi connectivity index (χ3n) is 5.01. The summed E-state index contributed by atoms with van der Waals surface area (Å²) in [6.07, 6.45) is 2.33. The molecule has 2 aromatic carbocycles. The highest BCUT2D eigenvalue weighted by Crippen LogP contribution is 2.36. The molecule has 0 amide bonds. The highest BCUT2D eigenvalue weighted by atomic mass is 35.5. The number of carbonyl (C=O) groups is 1. The Morgan fingerprint density at radius 2 is 1.84 bits per heavy atom. The molecule has 172 valence electrons. The van der Waals surface area contributed by atoms with Crippen LogP contribution < -0.4 is 10.1 Å². The summed E-state index contributed by atoms with van der Waals surface area (Å²) in [5, 5.41) is 13.4.